The number of hydrogen-bond donors (Lipinski definition) is 3. The van der Waals surface area contributed by atoms with Crippen molar-refractivity contribution in [3.05, 3.63) is 126 Å². The van der Waals surface area contributed by atoms with E-state index in [0.717, 1.165) is 42.7 Å². The average Bonchev–Trinajstić information content (AvgIpc) is 3.68. The molecule has 2 atom stereocenters. The lowest BCUT2D eigenvalue weighted by Crippen LogP contribution is -2.48. The van der Waals surface area contributed by atoms with Crippen molar-refractivity contribution in [3.8, 4) is 10.6 Å². The summed E-state index contributed by atoms with van der Waals surface area (Å²) in [4.78, 5) is 23.3. The lowest BCUT2D eigenvalue weighted by molar-refractivity contribution is -0.138. The number of aliphatic carboxylic acids is 1. The van der Waals surface area contributed by atoms with E-state index in [1.807, 2.05) is 35.7 Å². The number of nitrogens with two attached hydrogens (primary N) is 1. The summed E-state index contributed by atoms with van der Waals surface area (Å²) in [7, 11) is -4.26. The molecular formula is C39H45N5O4S2. The summed E-state index contributed by atoms with van der Waals surface area (Å²) in [5.74, 6) is -0.744. The highest BCUT2D eigenvalue weighted by Gasteiger charge is 2.45. The number of rotatable bonds is 20. The highest BCUT2D eigenvalue weighted by molar-refractivity contribution is 7.92. The van der Waals surface area contributed by atoms with Crippen LogP contribution in [0.1, 0.15) is 74.6 Å². The van der Waals surface area contributed by atoms with Crippen LogP contribution in [0.4, 0.5) is 5.82 Å². The van der Waals surface area contributed by atoms with Gasteiger partial charge in [-0.15, -0.1) is 11.3 Å². The van der Waals surface area contributed by atoms with Crippen molar-refractivity contribution in [1.82, 2.24) is 15.0 Å². The zero-order valence-corrected chi connectivity index (χ0v) is 29.8. The fourth-order valence-corrected chi connectivity index (χ4v) is 8.24. The van der Waals surface area contributed by atoms with Crippen LogP contribution in [0.3, 0.4) is 0 Å². The maximum atomic E-state index is 14.2. The van der Waals surface area contributed by atoms with E-state index in [-0.39, 0.29) is 23.0 Å². The Bertz CT molecular complexity index is 1870. The molecule has 262 valence electrons. The fourth-order valence-electron chi connectivity index (χ4n) is 6.02. The van der Waals surface area contributed by atoms with Gasteiger partial charge >= 0.3 is 5.97 Å². The van der Waals surface area contributed by atoms with Gasteiger partial charge in [-0.1, -0.05) is 112 Å². The molecule has 3 aromatic heterocycles. The SMILES string of the molecule is NC(Cc1ccc(-c2nccs2)cc1)(c1cccc(NC(CCCCCCCCCCc2ccccc2)C(=O)O)n1)S(=O)(=O)c1ccccn1. The second-order valence-electron chi connectivity index (χ2n) is 12.6. The van der Waals surface area contributed by atoms with E-state index in [2.05, 4.69) is 44.5 Å². The van der Waals surface area contributed by atoms with Crippen LogP contribution < -0.4 is 11.1 Å². The van der Waals surface area contributed by atoms with Crippen molar-refractivity contribution in [2.24, 2.45) is 5.73 Å². The average molecular weight is 712 g/mol. The molecule has 11 heteroatoms. The highest BCUT2D eigenvalue weighted by Crippen LogP contribution is 2.34. The van der Waals surface area contributed by atoms with Gasteiger partial charge in [-0.05, 0) is 54.7 Å². The zero-order valence-electron chi connectivity index (χ0n) is 28.2. The smallest absolute Gasteiger partial charge is 0.326 e. The molecule has 2 unspecified atom stereocenters. The largest absolute Gasteiger partial charge is 0.480 e. The van der Waals surface area contributed by atoms with Crippen LogP contribution in [0.5, 0.6) is 0 Å². The molecule has 4 N–H and O–H groups in total. The van der Waals surface area contributed by atoms with Crippen molar-refractivity contribution in [2.45, 2.75) is 86.6 Å². The number of carbonyl (C=O) groups is 1. The number of unbranched alkanes of at least 4 members (excludes halogenated alkanes) is 7. The number of aryl methyl sites for hydroxylation is 1. The number of nitrogens with zero attached hydrogens (tertiary/aromatic N) is 3. The van der Waals surface area contributed by atoms with Crippen molar-refractivity contribution in [1.29, 1.82) is 0 Å². The van der Waals surface area contributed by atoms with Crippen LogP contribution in [0, 0.1) is 0 Å². The molecule has 0 aliphatic heterocycles. The molecule has 0 bridgehead atoms. The van der Waals surface area contributed by atoms with Crippen LogP contribution in [0.25, 0.3) is 10.6 Å². The van der Waals surface area contributed by atoms with Crippen LogP contribution in [0.2, 0.25) is 0 Å². The van der Waals surface area contributed by atoms with Gasteiger partial charge < -0.3 is 16.2 Å². The number of aromatic nitrogens is 3. The lowest BCUT2D eigenvalue weighted by Gasteiger charge is -2.29. The molecule has 0 amide bonds. The maximum absolute atomic E-state index is 14.2. The first-order valence-corrected chi connectivity index (χ1v) is 19.6. The maximum Gasteiger partial charge on any atom is 0.326 e. The molecule has 0 saturated carbocycles. The molecule has 2 aromatic carbocycles. The Labute approximate surface area is 299 Å². The van der Waals surface area contributed by atoms with Gasteiger partial charge in [0.1, 0.15) is 16.9 Å². The van der Waals surface area contributed by atoms with Gasteiger partial charge in [0, 0.05) is 29.8 Å². The number of carboxylic acid groups (broad SMARTS) is 1. The summed E-state index contributed by atoms with van der Waals surface area (Å²) in [6.07, 6.45) is 13.3. The van der Waals surface area contributed by atoms with Crippen LogP contribution in [0.15, 0.2) is 114 Å². The van der Waals surface area contributed by atoms with E-state index < -0.39 is 26.7 Å². The van der Waals surface area contributed by atoms with E-state index >= 15 is 0 Å². The van der Waals surface area contributed by atoms with Crippen molar-refractivity contribution >= 4 is 33.0 Å². The summed E-state index contributed by atoms with van der Waals surface area (Å²) in [6, 6.07) is 26.6. The predicted molar refractivity (Wildman–Crippen MR) is 200 cm³/mol. The summed E-state index contributed by atoms with van der Waals surface area (Å²) in [5, 5.41) is 15.6. The van der Waals surface area contributed by atoms with Gasteiger partial charge in [-0.25, -0.2) is 28.2 Å². The Balaban J connectivity index is 1.20. The van der Waals surface area contributed by atoms with Gasteiger partial charge in [0.05, 0.1) is 5.69 Å². The fraction of sp³-hybridized carbons (Fsp3) is 0.333. The van der Waals surface area contributed by atoms with Gasteiger partial charge in [0.25, 0.3) is 0 Å². The number of pyridine rings is 2. The summed E-state index contributed by atoms with van der Waals surface area (Å²) in [6.45, 7) is 0. The van der Waals surface area contributed by atoms with Crippen molar-refractivity contribution in [3.63, 3.8) is 0 Å². The molecule has 0 aliphatic carbocycles. The third-order valence-corrected chi connectivity index (χ3v) is 11.8. The number of anilines is 1. The molecule has 0 fully saturated rings. The van der Waals surface area contributed by atoms with Gasteiger partial charge in [0.15, 0.2) is 9.90 Å². The normalized spacial score (nSPS) is 13.4. The first-order chi connectivity index (χ1) is 24.3. The molecule has 0 spiro atoms. The topological polar surface area (TPSA) is 148 Å². The van der Waals surface area contributed by atoms with E-state index in [0.29, 0.717) is 12.0 Å². The quantitative estimate of drug-likeness (QED) is 0.0682. The third kappa shape index (κ3) is 9.83. The zero-order chi connectivity index (χ0) is 35.2. The minimum atomic E-state index is -4.26. The number of thiazole rings is 1. The molecule has 0 radical (unpaired) electrons. The Hall–Kier alpha value is -4.45. The molecule has 9 nitrogen and oxygen atoms in total. The highest BCUT2D eigenvalue weighted by atomic mass is 32.2. The van der Waals surface area contributed by atoms with Crippen molar-refractivity contribution in [2.75, 3.05) is 5.32 Å². The second kappa shape index (κ2) is 18.0. The Morgan fingerprint density at radius 1 is 0.780 bits per heavy atom. The number of carboxylic acids is 1. The molecule has 0 saturated heterocycles. The van der Waals surface area contributed by atoms with E-state index in [4.69, 9.17) is 5.73 Å². The first kappa shape index (κ1) is 36.8. The van der Waals surface area contributed by atoms with Crippen LogP contribution in [-0.4, -0.2) is 40.5 Å². The van der Waals surface area contributed by atoms with Crippen LogP contribution in [-0.2, 0) is 32.3 Å². The molecule has 5 aromatic rings. The molecular weight excluding hydrogens is 667 g/mol. The molecule has 5 rings (SSSR count). The Kier molecular flexibility index (Phi) is 13.2. The minimum absolute atomic E-state index is 0.0874. The monoisotopic (exact) mass is 711 g/mol. The van der Waals surface area contributed by atoms with Gasteiger partial charge in [-0.2, -0.15) is 0 Å². The van der Waals surface area contributed by atoms with E-state index in [1.165, 1.54) is 54.8 Å². The van der Waals surface area contributed by atoms with Gasteiger partial charge in [0.2, 0.25) is 9.84 Å². The molecule has 3 heterocycles. The second-order valence-corrected chi connectivity index (χ2v) is 15.6. The van der Waals surface area contributed by atoms with E-state index in [9.17, 15) is 18.3 Å². The minimum Gasteiger partial charge on any atom is -0.480 e. The summed E-state index contributed by atoms with van der Waals surface area (Å²) in [5.41, 5.74) is 9.98. The summed E-state index contributed by atoms with van der Waals surface area (Å²) >= 11 is 1.51. The van der Waals surface area contributed by atoms with Crippen molar-refractivity contribution < 1.29 is 18.3 Å². The van der Waals surface area contributed by atoms with Crippen LogP contribution >= 0.6 is 11.3 Å². The summed E-state index contributed by atoms with van der Waals surface area (Å²) < 4.78 is 28.3. The molecule has 0 aliphatic rings. The first-order valence-electron chi connectivity index (χ1n) is 17.2. The number of hydrogen-bond acceptors (Lipinski definition) is 9. The van der Waals surface area contributed by atoms with E-state index in [1.54, 1.807) is 36.5 Å². The number of nitrogens with one attached hydrogen (secondary N) is 1. The number of sulfone groups is 1. The standard InChI is InChI=1S/C39H45N5O4S2/c40-39(50(47,48)36-21-12-13-26-41-36,29-31-22-24-32(25-23-31)37-42-27-28-49-37)34-19-14-20-35(44-34)43-33(38(45)46)18-11-6-4-2-1-3-5-8-15-30-16-9-7-10-17-30/h7,9-10,12-14,16-17,19-28,33H,1-6,8,11,15,18,29,40H2,(H,43,44)(H,45,46). The Morgan fingerprint density at radius 2 is 1.48 bits per heavy atom. The lowest BCUT2D eigenvalue weighted by atomic mass is 10.0. The predicted octanol–water partition coefficient (Wildman–Crippen LogP) is 8.05. The number of benzene rings is 2. The Morgan fingerprint density at radius 3 is 2.14 bits per heavy atom. The third-order valence-electron chi connectivity index (χ3n) is 8.85. The molecule has 50 heavy (non-hydrogen) atoms. The van der Waals surface area contributed by atoms with Gasteiger partial charge in [-0.3, -0.25) is 0 Å².